The Morgan fingerprint density at radius 1 is 1.21 bits per heavy atom. The predicted octanol–water partition coefficient (Wildman–Crippen LogP) is 3.51. The number of benzene rings is 2. The Labute approximate surface area is 136 Å². The van der Waals surface area contributed by atoms with Crippen LogP contribution < -0.4 is 5.32 Å². The van der Waals surface area contributed by atoms with E-state index < -0.39 is 17.7 Å². The lowest BCUT2D eigenvalue weighted by Crippen LogP contribution is -2.24. The zero-order valence-corrected chi connectivity index (χ0v) is 12.8. The van der Waals surface area contributed by atoms with E-state index in [0.29, 0.717) is 16.5 Å². The molecule has 6 heteroatoms. The van der Waals surface area contributed by atoms with Gasteiger partial charge in [0.2, 0.25) is 5.76 Å². The van der Waals surface area contributed by atoms with Crippen LogP contribution in [0.15, 0.2) is 46.9 Å². The van der Waals surface area contributed by atoms with E-state index in [2.05, 4.69) is 5.32 Å². The number of carboxylic acids is 1. The highest BCUT2D eigenvalue weighted by molar-refractivity contribution is 5.97. The minimum Gasteiger partial charge on any atom is -0.475 e. The molecule has 0 unspecified atom stereocenters. The summed E-state index contributed by atoms with van der Waals surface area (Å²) in [6.45, 7) is 1.67. The largest absolute Gasteiger partial charge is 0.475 e. The molecule has 122 valence electrons. The fourth-order valence-corrected chi connectivity index (χ4v) is 2.52. The van der Waals surface area contributed by atoms with Crippen LogP contribution in [0.3, 0.4) is 0 Å². The molecule has 1 aromatic heterocycles. The van der Waals surface area contributed by atoms with Crippen molar-refractivity contribution in [3.05, 3.63) is 70.7 Å². The first-order valence-electron chi connectivity index (χ1n) is 7.25. The number of para-hydroxylation sites is 1. The SMILES string of the molecule is Cc1ccc(F)c(C(=O)NCc2c(C(=O)O)oc3ccccc23)c1. The quantitative estimate of drug-likeness (QED) is 0.768. The summed E-state index contributed by atoms with van der Waals surface area (Å²) in [7, 11) is 0. The number of aryl methyl sites for hydroxylation is 1. The van der Waals surface area contributed by atoms with Crippen LogP contribution in [0.4, 0.5) is 4.39 Å². The molecule has 5 nitrogen and oxygen atoms in total. The molecule has 0 atom stereocenters. The lowest BCUT2D eigenvalue weighted by Gasteiger charge is -2.07. The molecule has 24 heavy (non-hydrogen) atoms. The molecule has 3 aromatic rings. The Kier molecular flexibility index (Phi) is 4.04. The number of amides is 1. The Balaban J connectivity index is 1.90. The van der Waals surface area contributed by atoms with Crippen molar-refractivity contribution >= 4 is 22.8 Å². The van der Waals surface area contributed by atoms with Gasteiger partial charge in [0.25, 0.3) is 5.91 Å². The Morgan fingerprint density at radius 3 is 2.71 bits per heavy atom. The summed E-state index contributed by atoms with van der Waals surface area (Å²) in [4.78, 5) is 23.5. The number of aromatic carboxylic acids is 1. The Hall–Kier alpha value is -3.15. The first kappa shape index (κ1) is 15.7. The van der Waals surface area contributed by atoms with Crippen molar-refractivity contribution in [2.75, 3.05) is 0 Å². The van der Waals surface area contributed by atoms with Crippen molar-refractivity contribution in [1.29, 1.82) is 0 Å². The number of fused-ring (bicyclic) bond motifs is 1. The highest BCUT2D eigenvalue weighted by atomic mass is 19.1. The van der Waals surface area contributed by atoms with Crippen molar-refractivity contribution in [3.63, 3.8) is 0 Å². The monoisotopic (exact) mass is 327 g/mol. The van der Waals surface area contributed by atoms with E-state index >= 15 is 0 Å². The number of furan rings is 1. The van der Waals surface area contributed by atoms with Gasteiger partial charge in [-0.15, -0.1) is 0 Å². The molecule has 0 aliphatic carbocycles. The van der Waals surface area contributed by atoms with Gasteiger partial charge >= 0.3 is 5.97 Å². The maximum Gasteiger partial charge on any atom is 0.372 e. The maximum absolute atomic E-state index is 13.8. The van der Waals surface area contributed by atoms with E-state index in [-0.39, 0.29) is 17.9 Å². The second-order valence-corrected chi connectivity index (χ2v) is 5.38. The summed E-state index contributed by atoms with van der Waals surface area (Å²) in [5, 5.41) is 12.4. The summed E-state index contributed by atoms with van der Waals surface area (Å²) in [5.41, 5.74) is 1.43. The average Bonchev–Trinajstić information content (AvgIpc) is 2.94. The molecule has 0 aliphatic heterocycles. The number of carboxylic acid groups (broad SMARTS) is 1. The van der Waals surface area contributed by atoms with E-state index in [1.165, 1.54) is 12.1 Å². The summed E-state index contributed by atoms with van der Waals surface area (Å²) < 4.78 is 19.1. The molecule has 3 rings (SSSR count). The van der Waals surface area contributed by atoms with Gasteiger partial charge in [0, 0.05) is 17.5 Å². The van der Waals surface area contributed by atoms with Crippen LogP contribution in [-0.4, -0.2) is 17.0 Å². The van der Waals surface area contributed by atoms with Gasteiger partial charge in [0.15, 0.2) is 0 Å². The minimum absolute atomic E-state index is 0.0785. The minimum atomic E-state index is -1.22. The Morgan fingerprint density at radius 2 is 1.96 bits per heavy atom. The first-order valence-corrected chi connectivity index (χ1v) is 7.25. The maximum atomic E-state index is 13.8. The zero-order valence-electron chi connectivity index (χ0n) is 12.8. The van der Waals surface area contributed by atoms with Crippen molar-refractivity contribution in [1.82, 2.24) is 5.32 Å². The van der Waals surface area contributed by atoms with Crippen LogP contribution in [0, 0.1) is 12.7 Å². The lowest BCUT2D eigenvalue weighted by atomic mass is 10.1. The predicted molar refractivity (Wildman–Crippen MR) is 85.5 cm³/mol. The number of carbonyl (C=O) groups excluding carboxylic acids is 1. The fourth-order valence-electron chi connectivity index (χ4n) is 2.52. The number of hydrogen-bond donors (Lipinski definition) is 2. The van der Waals surface area contributed by atoms with E-state index in [1.807, 2.05) is 0 Å². The topological polar surface area (TPSA) is 79.5 Å². The second-order valence-electron chi connectivity index (χ2n) is 5.38. The molecule has 1 amide bonds. The van der Waals surface area contributed by atoms with Crippen LogP contribution in [0.1, 0.15) is 32.0 Å². The van der Waals surface area contributed by atoms with E-state index in [9.17, 15) is 19.1 Å². The van der Waals surface area contributed by atoms with Crippen molar-refractivity contribution in [2.45, 2.75) is 13.5 Å². The molecular weight excluding hydrogens is 313 g/mol. The van der Waals surface area contributed by atoms with Gasteiger partial charge in [-0.05, 0) is 25.1 Å². The van der Waals surface area contributed by atoms with E-state index in [1.54, 1.807) is 37.3 Å². The smallest absolute Gasteiger partial charge is 0.372 e. The van der Waals surface area contributed by atoms with Crippen LogP contribution in [0.2, 0.25) is 0 Å². The molecule has 0 spiro atoms. The van der Waals surface area contributed by atoms with Crippen molar-refractivity contribution < 1.29 is 23.5 Å². The van der Waals surface area contributed by atoms with Gasteiger partial charge in [-0.2, -0.15) is 0 Å². The third-order valence-corrected chi connectivity index (χ3v) is 3.68. The average molecular weight is 327 g/mol. The summed E-state index contributed by atoms with van der Waals surface area (Å²) in [6, 6.07) is 11.1. The number of nitrogens with one attached hydrogen (secondary N) is 1. The summed E-state index contributed by atoms with van der Waals surface area (Å²) in [5.74, 6) is -2.70. The number of carbonyl (C=O) groups is 2. The van der Waals surface area contributed by atoms with Gasteiger partial charge in [-0.1, -0.05) is 29.8 Å². The highest BCUT2D eigenvalue weighted by Gasteiger charge is 2.21. The number of halogens is 1. The molecule has 2 N–H and O–H groups in total. The summed E-state index contributed by atoms with van der Waals surface area (Å²) in [6.07, 6.45) is 0. The second kappa shape index (κ2) is 6.16. The molecule has 1 heterocycles. The van der Waals surface area contributed by atoms with Crippen molar-refractivity contribution in [3.8, 4) is 0 Å². The van der Waals surface area contributed by atoms with Gasteiger partial charge in [-0.3, -0.25) is 4.79 Å². The molecule has 0 bridgehead atoms. The lowest BCUT2D eigenvalue weighted by molar-refractivity contribution is 0.0662. The first-order chi connectivity index (χ1) is 11.5. The molecule has 0 saturated heterocycles. The van der Waals surface area contributed by atoms with Crippen LogP contribution in [0.25, 0.3) is 11.0 Å². The normalized spacial score (nSPS) is 10.8. The summed E-state index contributed by atoms with van der Waals surface area (Å²) >= 11 is 0. The standard InChI is InChI=1S/C18H14FNO4/c1-10-6-7-14(19)12(8-10)17(21)20-9-13-11-4-2-3-5-15(11)24-16(13)18(22)23/h2-8H,9H2,1H3,(H,20,21)(H,22,23). The molecular formula is C18H14FNO4. The number of rotatable bonds is 4. The third kappa shape index (κ3) is 2.86. The Bertz CT molecular complexity index is 945. The highest BCUT2D eigenvalue weighted by Crippen LogP contribution is 2.26. The van der Waals surface area contributed by atoms with Gasteiger partial charge in [0.1, 0.15) is 11.4 Å². The van der Waals surface area contributed by atoms with Crippen LogP contribution in [0.5, 0.6) is 0 Å². The van der Waals surface area contributed by atoms with Gasteiger partial charge in [0.05, 0.1) is 5.56 Å². The van der Waals surface area contributed by atoms with Crippen molar-refractivity contribution in [2.24, 2.45) is 0 Å². The van der Waals surface area contributed by atoms with E-state index in [4.69, 9.17) is 4.42 Å². The third-order valence-electron chi connectivity index (χ3n) is 3.68. The van der Waals surface area contributed by atoms with Gasteiger partial charge < -0.3 is 14.8 Å². The number of hydrogen-bond acceptors (Lipinski definition) is 3. The van der Waals surface area contributed by atoms with Gasteiger partial charge in [-0.25, -0.2) is 9.18 Å². The van der Waals surface area contributed by atoms with E-state index in [0.717, 1.165) is 5.56 Å². The molecule has 0 aliphatic rings. The molecule has 0 fully saturated rings. The molecule has 0 radical (unpaired) electrons. The van der Waals surface area contributed by atoms with Crippen LogP contribution in [-0.2, 0) is 6.54 Å². The van der Waals surface area contributed by atoms with Crippen LogP contribution >= 0.6 is 0 Å². The molecule has 0 saturated carbocycles. The molecule has 2 aromatic carbocycles. The zero-order chi connectivity index (χ0) is 17.3. The fraction of sp³-hybridized carbons (Fsp3) is 0.111.